The SMILES string of the molecule is C[N+]1=CC(CS(=O)(=O)c2ccccc2)=CCC1. The van der Waals surface area contributed by atoms with E-state index < -0.39 is 9.84 Å². The summed E-state index contributed by atoms with van der Waals surface area (Å²) >= 11 is 0. The van der Waals surface area contributed by atoms with E-state index in [1.807, 2.05) is 30.0 Å². The van der Waals surface area contributed by atoms with Crippen molar-refractivity contribution in [2.24, 2.45) is 0 Å². The molecule has 0 atom stereocenters. The third kappa shape index (κ3) is 3.03. The summed E-state index contributed by atoms with van der Waals surface area (Å²) in [5.41, 5.74) is 0.877. The Morgan fingerprint density at radius 1 is 1.24 bits per heavy atom. The average molecular weight is 250 g/mol. The first-order valence-corrected chi connectivity index (χ1v) is 7.25. The summed E-state index contributed by atoms with van der Waals surface area (Å²) in [7, 11) is -1.25. The summed E-state index contributed by atoms with van der Waals surface area (Å²) < 4.78 is 26.3. The van der Waals surface area contributed by atoms with Crippen molar-refractivity contribution < 1.29 is 13.0 Å². The van der Waals surface area contributed by atoms with Gasteiger partial charge in [-0.25, -0.2) is 13.0 Å². The molecule has 1 aromatic carbocycles. The van der Waals surface area contributed by atoms with E-state index >= 15 is 0 Å². The fourth-order valence-corrected chi connectivity index (χ4v) is 3.25. The summed E-state index contributed by atoms with van der Waals surface area (Å²) in [5, 5.41) is 0. The molecule has 1 aliphatic rings. The van der Waals surface area contributed by atoms with Crippen molar-refractivity contribution in [3.8, 4) is 0 Å². The molecule has 1 heterocycles. The zero-order valence-corrected chi connectivity index (χ0v) is 10.7. The second-order valence-electron chi connectivity index (χ2n) is 4.25. The van der Waals surface area contributed by atoms with E-state index in [0.29, 0.717) is 4.90 Å². The van der Waals surface area contributed by atoms with Crippen molar-refractivity contribution in [3.63, 3.8) is 0 Å². The predicted octanol–water partition coefficient (Wildman–Crippen LogP) is 1.50. The van der Waals surface area contributed by atoms with Gasteiger partial charge in [-0.2, -0.15) is 0 Å². The first-order chi connectivity index (χ1) is 8.08. The molecule has 17 heavy (non-hydrogen) atoms. The number of rotatable bonds is 3. The molecule has 1 aromatic rings. The minimum atomic E-state index is -3.21. The third-order valence-electron chi connectivity index (χ3n) is 2.73. The van der Waals surface area contributed by atoms with Gasteiger partial charge in [0.15, 0.2) is 16.1 Å². The summed E-state index contributed by atoms with van der Waals surface area (Å²) in [5.74, 6) is 0.0847. The van der Waals surface area contributed by atoms with Crippen LogP contribution in [-0.2, 0) is 9.84 Å². The van der Waals surface area contributed by atoms with Gasteiger partial charge in [0.2, 0.25) is 0 Å². The van der Waals surface area contributed by atoms with Crippen molar-refractivity contribution in [1.29, 1.82) is 0 Å². The molecule has 0 bridgehead atoms. The molecular weight excluding hydrogens is 234 g/mol. The molecule has 3 nitrogen and oxygen atoms in total. The van der Waals surface area contributed by atoms with Crippen molar-refractivity contribution in [1.82, 2.24) is 0 Å². The Morgan fingerprint density at radius 3 is 2.59 bits per heavy atom. The van der Waals surface area contributed by atoms with Crippen LogP contribution in [0, 0.1) is 0 Å². The van der Waals surface area contributed by atoms with Crippen LogP contribution in [0.25, 0.3) is 0 Å². The molecule has 0 N–H and O–H groups in total. The lowest BCUT2D eigenvalue weighted by atomic mass is 10.2. The predicted molar refractivity (Wildman–Crippen MR) is 68.3 cm³/mol. The van der Waals surface area contributed by atoms with Gasteiger partial charge in [-0.15, -0.1) is 0 Å². The Morgan fingerprint density at radius 2 is 1.94 bits per heavy atom. The molecule has 0 spiro atoms. The summed E-state index contributed by atoms with van der Waals surface area (Å²) in [6, 6.07) is 8.60. The first kappa shape index (κ1) is 12.0. The zero-order chi connectivity index (χ0) is 12.3. The van der Waals surface area contributed by atoms with Crippen molar-refractivity contribution in [3.05, 3.63) is 42.0 Å². The highest BCUT2D eigenvalue weighted by Crippen LogP contribution is 2.14. The maximum absolute atomic E-state index is 12.1. The number of hydrogen-bond donors (Lipinski definition) is 0. The average Bonchev–Trinajstić information content (AvgIpc) is 2.29. The Bertz CT molecular complexity index is 556. The Hall–Kier alpha value is -1.42. The van der Waals surface area contributed by atoms with Gasteiger partial charge < -0.3 is 0 Å². The molecule has 0 aromatic heterocycles. The summed E-state index contributed by atoms with van der Waals surface area (Å²) in [6.45, 7) is 0.953. The normalized spacial score (nSPS) is 16.3. The second kappa shape index (κ2) is 4.84. The Kier molecular flexibility index (Phi) is 3.43. The molecule has 0 radical (unpaired) electrons. The van der Waals surface area contributed by atoms with E-state index in [1.54, 1.807) is 24.3 Å². The standard InChI is InChI=1S/C13H16NO2S/c1-14-9-5-6-12(10-14)11-17(15,16)13-7-3-2-4-8-13/h2-4,6-8,10H,5,9,11H2,1H3/q+1. The minimum Gasteiger partial charge on any atom is -0.238 e. The topological polar surface area (TPSA) is 37.1 Å². The largest absolute Gasteiger partial charge is 0.238 e. The second-order valence-corrected chi connectivity index (χ2v) is 6.24. The smallest absolute Gasteiger partial charge is 0.182 e. The van der Waals surface area contributed by atoms with Crippen LogP contribution in [0.15, 0.2) is 46.9 Å². The van der Waals surface area contributed by atoms with Crippen LogP contribution in [0.2, 0.25) is 0 Å². The van der Waals surface area contributed by atoms with Crippen LogP contribution in [-0.4, -0.2) is 38.6 Å². The van der Waals surface area contributed by atoms with Crippen LogP contribution < -0.4 is 0 Å². The van der Waals surface area contributed by atoms with Crippen LogP contribution >= 0.6 is 0 Å². The van der Waals surface area contributed by atoms with Gasteiger partial charge in [-0.05, 0) is 12.1 Å². The van der Waals surface area contributed by atoms with E-state index in [2.05, 4.69) is 0 Å². The Labute approximate surface area is 102 Å². The molecule has 0 saturated carbocycles. The summed E-state index contributed by atoms with van der Waals surface area (Å²) in [4.78, 5) is 0.391. The molecule has 0 amide bonds. The third-order valence-corrected chi connectivity index (χ3v) is 4.44. The maximum Gasteiger partial charge on any atom is 0.182 e. The van der Waals surface area contributed by atoms with Crippen molar-refractivity contribution in [2.75, 3.05) is 19.3 Å². The number of sulfone groups is 1. The van der Waals surface area contributed by atoms with Crippen molar-refractivity contribution >= 4 is 16.1 Å². The van der Waals surface area contributed by atoms with E-state index in [1.165, 1.54) is 0 Å². The van der Waals surface area contributed by atoms with Crippen LogP contribution in [0.5, 0.6) is 0 Å². The lowest BCUT2D eigenvalue weighted by Crippen LogP contribution is -2.19. The minimum absolute atomic E-state index is 0.0847. The first-order valence-electron chi connectivity index (χ1n) is 5.60. The van der Waals surface area contributed by atoms with E-state index in [9.17, 15) is 8.42 Å². The molecule has 1 aliphatic heterocycles. The van der Waals surface area contributed by atoms with Gasteiger partial charge in [-0.1, -0.05) is 24.3 Å². The van der Waals surface area contributed by atoms with Gasteiger partial charge in [0.1, 0.15) is 13.6 Å². The van der Waals surface area contributed by atoms with Crippen LogP contribution in [0.1, 0.15) is 6.42 Å². The highest BCUT2D eigenvalue weighted by atomic mass is 32.2. The van der Waals surface area contributed by atoms with Crippen LogP contribution in [0.3, 0.4) is 0 Å². The zero-order valence-electron chi connectivity index (χ0n) is 9.83. The number of benzene rings is 1. The molecule has 0 unspecified atom stereocenters. The molecule has 0 saturated heterocycles. The molecule has 2 rings (SSSR count). The fraction of sp³-hybridized carbons (Fsp3) is 0.308. The van der Waals surface area contributed by atoms with Gasteiger partial charge in [-0.3, -0.25) is 0 Å². The molecule has 4 heteroatoms. The van der Waals surface area contributed by atoms with Gasteiger partial charge in [0.05, 0.1) is 10.6 Å². The lowest BCUT2D eigenvalue weighted by Gasteiger charge is -2.07. The van der Waals surface area contributed by atoms with Gasteiger partial charge >= 0.3 is 0 Å². The molecule has 0 fully saturated rings. The van der Waals surface area contributed by atoms with E-state index in [-0.39, 0.29) is 5.75 Å². The van der Waals surface area contributed by atoms with Crippen LogP contribution in [0.4, 0.5) is 0 Å². The highest BCUT2D eigenvalue weighted by Gasteiger charge is 2.18. The fourth-order valence-electron chi connectivity index (χ4n) is 1.88. The van der Waals surface area contributed by atoms with Gasteiger partial charge in [0, 0.05) is 12.0 Å². The van der Waals surface area contributed by atoms with Crippen molar-refractivity contribution in [2.45, 2.75) is 11.3 Å². The summed E-state index contributed by atoms with van der Waals surface area (Å²) in [6.07, 6.45) is 4.82. The van der Waals surface area contributed by atoms with E-state index in [0.717, 1.165) is 18.5 Å². The Balaban J connectivity index is 2.22. The molecule has 0 aliphatic carbocycles. The number of hydrogen-bond acceptors (Lipinski definition) is 2. The molecule has 90 valence electrons. The highest BCUT2D eigenvalue weighted by molar-refractivity contribution is 7.91. The quantitative estimate of drug-likeness (QED) is 0.762. The maximum atomic E-state index is 12.1. The molecular formula is C13H16NO2S+. The number of nitrogens with zero attached hydrogens (tertiary/aromatic N) is 1. The lowest BCUT2D eigenvalue weighted by molar-refractivity contribution is -0.492. The van der Waals surface area contributed by atoms with E-state index in [4.69, 9.17) is 0 Å². The van der Waals surface area contributed by atoms with Gasteiger partial charge in [0.25, 0.3) is 0 Å². The monoisotopic (exact) mass is 250 g/mol.